The van der Waals surface area contributed by atoms with Crippen LogP contribution in [0.3, 0.4) is 0 Å². The highest BCUT2D eigenvalue weighted by Gasteiger charge is 2.23. The van der Waals surface area contributed by atoms with E-state index in [1.54, 1.807) is 0 Å². The highest BCUT2D eigenvalue weighted by molar-refractivity contribution is 6.25. The maximum Gasteiger partial charge on any atom is 0.145 e. The van der Waals surface area contributed by atoms with Crippen LogP contribution in [0.1, 0.15) is 0 Å². The van der Waals surface area contributed by atoms with Gasteiger partial charge < -0.3 is 9.13 Å². The summed E-state index contributed by atoms with van der Waals surface area (Å²) < 4.78 is 7.09. The summed E-state index contributed by atoms with van der Waals surface area (Å²) in [7, 11) is 0. The van der Waals surface area contributed by atoms with E-state index in [0.717, 1.165) is 45.0 Å². The van der Waals surface area contributed by atoms with E-state index in [9.17, 15) is 0 Å². The van der Waals surface area contributed by atoms with Crippen molar-refractivity contribution in [2.24, 2.45) is 0 Å². The van der Waals surface area contributed by atoms with Gasteiger partial charge in [-0.15, -0.1) is 0 Å². The molecule has 0 atom stereocenters. The molecule has 4 nitrogen and oxygen atoms in total. The van der Waals surface area contributed by atoms with Crippen LogP contribution in [-0.2, 0) is 0 Å². The fraction of sp³-hybridized carbons (Fsp3) is 0. The van der Waals surface area contributed by atoms with E-state index in [4.69, 9.17) is 4.98 Å². The number of hydrogen-bond donors (Lipinski definition) is 0. The maximum atomic E-state index is 5.22. The Hall–Kier alpha value is -11.6. The third kappa shape index (κ3) is 7.54. The van der Waals surface area contributed by atoms with Crippen molar-refractivity contribution >= 4 is 97.7 Å². The molecular weight excluding hydrogens is 1050 g/mol. The average Bonchev–Trinajstić information content (AvgIpc) is 2.00. The lowest BCUT2D eigenvalue weighted by atomic mass is 9.82. The maximum absolute atomic E-state index is 5.22. The summed E-state index contributed by atoms with van der Waals surface area (Å²) in [6.45, 7) is 0. The van der Waals surface area contributed by atoms with Crippen LogP contribution in [0.5, 0.6) is 0 Å². The Labute approximate surface area is 502 Å². The lowest BCUT2D eigenvalue weighted by Crippen LogP contribution is -1.97. The molecule has 0 aliphatic heterocycles. The van der Waals surface area contributed by atoms with Crippen LogP contribution in [0.2, 0.25) is 0 Å². The van der Waals surface area contributed by atoms with Crippen molar-refractivity contribution in [2.45, 2.75) is 0 Å². The standard InChI is InChI=1S/C83H52N4/c1-2-20-58(21-3-1)87-78-37-19-14-32-73(78)84-83(87)56-40-38-53(39-41-56)79-66-27-5-8-30-69(66)82(70-31-9-6-28-67(70)79)57-46-51-71-72(52-57)81(55-44-49-60(50-45-55)86-76-35-17-12-24-63(76)64-25-13-18-36-77(64)86)68-29-7-4-26-65(68)80(71)54-42-47-59(48-43-54)85-74-33-15-10-22-61(74)62-23-11-16-34-75(62)85/h1-52H. The normalized spacial score (nSPS) is 11.9. The monoisotopic (exact) mass is 1100 g/mol. The second kappa shape index (κ2) is 19.5. The van der Waals surface area contributed by atoms with Crippen LogP contribution >= 0.6 is 0 Å². The van der Waals surface area contributed by atoms with Crippen LogP contribution in [0.4, 0.5) is 0 Å². The van der Waals surface area contributed by atoms with Gasteiger partial charge in [0.25, 0.3) is 0 Å². The average molecular weight is 1110 g/mol. The Bertz CT molecular complexity index is 5620. The van der Waals surface area contributed by atoms with Crippen LogP contribution in [0.15, 0.2) is 315 Å². The summed E-state index contributed by atoms with van der Waals surface area (Å²) in [4.78, 5) is 5.22. The molecule has 0 saturated heterocycles. The lowest BCUT2D eigenvalue weighted by Gasteiger charge is -2.21. The van der Waals surface area contributed by atoms with Gasteiger partial charge in [0, 0.05) is 44.2 Å². The fourth-order valence-electron chi connectivity index (χ4n) is 14.5. The topological polar surface area (TPSA) is 27.7 Å². The number of benzene rings is 15. The molecule has 18 aromatic rings. The van der Waals surface area contributed by atoms with Crippen LogP contribution < -0.4 is 0 Å². The molecular formula is C83H52N4. The largest absolute Gasteiger partial charge is 0.309 e. The molecule has 0 radical (unpaired) electrons. The SMILES string of the molecule is c1ccc(-n2c(-c3ccc(-c4c5ccccc5c(-c5ccc6c(-c7ccc(-n8c9ccccc9c9ccccc98)cc7)c7ccccc7c(-c7ccc(-n8c9ccccc9c9ccccc98)cc7)c6c5)c5ccccc45)cc3)nc3ccccc32)cc1. The van der Waals surface area contributed by atoms with Crippen LogP contribution in [0.25, 0.3) is 171 Å². The minimum absolute atomic E-state index is 0.918. The van der Waals surface area contributed by atoms with E-state index in [2.05, 4.69) is 329 Å². The minimum atomic E-state index is 0.918. The number of hydrogen-bond acceptors (Lipinski definition) is 1. The van der Waals surface area contributed by atoms with Gasteiger partial charge in [0.05, 0.1) is 33.1 Å². The van der Waals surface area contributed by atoms with Gasteiger partial charge >= 0.3 is 0 Å². The van der Waals surface area contributed by atoms with Crippen molar-refractivity contribution in [1.82, 2.24) is 18.7 Å². The quantitative estimate of drug-likeness (QED) is 0.139. The summed E-state index contributed by atoms with van der Waals surface area (Å²) in [6, 6.07) is 116. The molecule has 0 unspecified atom stereocenters. The smallest absolute Gasteiger partial charge is 0.145 e. The van der Waals surface area contributed by atoms with Gasteiger partial charge in [0.15, 0.2) is 0 Å². The van der Waals surface area contributed by atoms with Crippen LogP contribution in [0, 0.1) is 0 Å². The number of aromatic nitrogens is 4. The molecule has 0 N–H and O–H groups in total. The molecule has 3 heterocycles. The molecule has 0 bridgehead atoms. The van der Waals surface area contributed by atoms with Crippen LogP contribution in [-0.4, -0.2) is 18.7 Å². The Morgan fingerprint density at radius 3 is 0.897 bits per heavy atom. The van der Waals surface area contributed by atoms with Gasteiger partial charge in [-0.1, -0.05) is 237 Å². The molecule has 0 spiro atoms. The molecule has 0 saturated carbocycles. The highest BCUT2D eigenvalue weighted by Crippen LogP contribution is 2.49. The molecule has 0 amide bonds. The Balaban J connectivity index is 0.838. The third-order valence-electron chi connectivity index (χ3n) is 18.2. The third-order valence-corrected chi connectivity index (χ3v) is 18.2. The Morgan fingerprint density at radius 2 is 0.471 bits per heavy atom. The van der Waals surface area contributed by atoms with E-state index in [1.165, 1.54) is 126 Å². The zero-order valence-electron chi connectivity index (χ0n) is 47.3. The van der Waals surface area contributed by atoms with Crippen molar-refractivity contribution in [3.05, 3.63) is 315 Å². The lowest BCUT2D eigenvalue weighted by molar-refractivity contribution is 1.10. The molecule has 0 aliphatic rings. The first kappa shape index (κ1) is 48.9. The van der Waals surface area contributed by atoms with E-state index < -0.39 is 0 Å². The molecule has 18 rings (SSSR count). The first-order valence-electron chi connectivity index (χ1n) is 29.9. The van der Waals surface area contributed by atoms with E-state index in [-0.39, 0.29) is 0 Å². The van der Waals surface area contributed by atoms with Gasteiger partial charge in [-0.2, -0.15) is 0 Å². The van der Waals surface area contributed by atoms with E-state index >= 15 is 0 Å². The summed E-state index contributed by atoms with van der Waals surface area (Å²) in [6.07, 6.45) is 0. The predicted molar refractivity (Wildman–Crippen MR) is 367 cm³/mol. The molecule has 15 aromatic carbocycles. The summed E-state index contributed by atoms with van der Waals surface area (Å²) in [5.74, 6) is 0.918. The molecule has 0 fully saturated rings. The second-order valence-corrected chi connectivity index (χ2v) is 22.9. The molecule has 4 heteroatoms. The first-order valence-corrected chi connectivity index (χ1v) is 29.9. The zero-order chi connectivity index (χ0) is 57.1. The fourth-order valence-corrected chi connectivity index (χ4v) is 14.5. The number of para-hydroxylation sites is 7. The van der Waals surface area contributed by atoms with Gasteiger partial charge in [-0.3, -0.25) is 4.57 Å². The minimum Gasteiger partial charge on any atom is -0.309 e. The molecule has 87 heavy (non-hydrogen) atoms. The second-order valence-electron chi connectivity index (χ2n) is 22.9. The number of nitrogens with zero attached hydrogens (tertiary/aromatic N) is 4. The van der Waals surface area contributed by atoms with Crippen molar-refractivity contribution < 1.29 is 0 Å². The Kier molecular flexibility index (Phi) is 11.0. The molecule has 3 aromatic heterocycles. The molecule has 0 aliphatic carbocycles. The summed E-state index contributed by atoms with van der Waals surface area (Å²) >= 11 is 0. The van der Waals surface area contributed by atoms with Crippen molar-refractivity contribution in [3.63, 3.8) is 0 Å². The van der Waals surface area contributed by atoms with E-state index in [0.29, 0.717) is 0 Å². The molecule has 404 valence electrons. The summed E-state index contributed by atoms with van der Waals surface area (Å²) in [5.41, 5.74) is 20.8. The number of imidazole rings is 1. The Morgan fingerprint density at radius 1 is 0.184 bits per heavy atom. The van der Waals surface area contributed by atoms with E-state index in [1.807, 2.05) is 0 Å². The van der Waals surface area contributed by atoms with Gasteiger partial charge in [-0.25, -0.2) is 4.98 Å². The van der Waals surface area contributed by atoms with Crippen molar-refractivity contribution in [1.29, 1.82) is 0 Å². The summed E-state index contributed by atoms with van der Waals surface area (Å²) in [5, 5.41) is 14.7. The predicted octanol–water partition coefficient (Wildman–Crippen LogP) is 22.2. The zero-order valence-corrected chi connectivity index (χ0v) is 47.3. The van der Waals surface area contributed by atoms with Crippen molar-refractivity contribution in [3.8, 4) is 73.0 Å². The van der Waals surface area contributed by atoms with Gasteiger partial charge in [-0.05, 0) is 166 Å². The van der Waals surface area contributed by atoms with Gasteiger partial charge in [0.2, 0.25) is 0 Å². The van der Waals surface area contributed by atoms with Crippen molar-refractivity contribution in [2.75, 3.05) is 0 Å². The highest BCUT2D eigenvalue weighted by atomic mass is 15.1. The number of fused-ring (bicyclic) bond motifs is 11. The number of rotatable bonds is 8. The first-order chi connectivity index (χ1) is 43.2. The van der Waals surface area contributed by atoms with Gasteiger partial charge in [0.1, 0.15) is 5.82 Å².